The number of benzene rings is 1. The highest BCUT2D eigenvalue weighted by Gasteiger charge is 2.26. The number of rotatable bonds is 3. The van der Waals surface area contributed by atoms with Crippen LogP contribution in [0.25, 0.3) is 0 Å². The average Bonchev–Trinajstić information content (AvgIpc) is 2.41. The molecule has 1 saturated heterocycles. The highest BCUT2D eigenvalue weighted by molar-refractivity contribution is 9.10. The lowest BCUT2D eigenvalue weighted by Crippen LogP contribution is -2.40. The van der Waals surface area contributed by atoms with Crippen molar-refractivity contribution in [1.82, 2.24) is 4.90 Å². The minimum absolute atomic E-state index is 0.00103. The zero-order chi connectivity index (χ0) is 14.7. The second kappa shape index (κ2) is 6.39. The lowest BCUT2D eigenvalue weighted by molar-refractivity contribution is -0.138. The van der Waals surface area contributed by atoms with Crippen LogP contribution in [0.15, 0.2) is 22.7 Å². The summed E-state index contributed by atoms with van der Waals surface area (Å²) in [7, 11) is 0. The maximum Gasteiger partial charge on any atom is 0.303 e. The van der Waals surface area contributed by atoms with Gasteiger partial charge in [-0.05, 0) is 43.4 Å². The van der Waals surface area contributed by atoms with Gasteiger partial charge in [0.25, 0.3) is 5.91 Å². The van der Waals surface area contributed by atoms with Gasteiger partial charge in [0.2, 0.25) is 0 Å². The number of likely N-dealkylation sites (tertiary alicyclic amines) is 1. The van der Waals surface area contributed by atoms with E-state index in [2.05, 4.69) is 15.9 Å². The van der Waals surface area contributed by atoms with Gasteiger partial charge in [-0.25, -0.2) is 0 Å². The molecule has 1 unspecified atom stereocenters. The third-order valence-corrected chi connectivity index (χ3v) is 4.63. The van der Waals surface area contributed by atoms with Crippen molar-refractivity contribution < 1.29 is 14.7 Å². The molecule has 2 rings (SSSR count). The molecular weight excluding hydrogens is 322 g/mol. The first-order chi connectivity index (χ1) is 9.49. The Morgan fingerprint density at radius 3 is 2.90 bits per heavy atom. The summed E-state index contributed by atoms with van der Waals surface area (Å²) in [4.78, 5) is 25.1. The summed E-state index contributed by atoms with van der Waals surface area (Å²) in [5, 5.41) is 8.88. The molecule has 0 aliphatic carbocycles. The Morgan fingerprint density at radius 2 is 2.20 bits per heavy atom. The van der Waals surface area contributed by atoms with Gasteiger partial charge >= 0.3 is 5.97 Å². The number of carboxylic acid groups (broad SMARTS) is 1. The van der Waals surface area contributed by atoms with Crippen molar-refractivity contribution in [3.63, 3.8) is 0 Å². The molecular formula is C15H18BrNO3. The molecule has 1 fully saturated rings. The SMILES string of the molecule is Cc1c(Br)cccc1C(=O)N1CCCC(CC(=O)O)C1. The van der Waals surface area contributed by atoms with E-state index >= 15 is 0 Å². The zero-order valence-electron chi connectivity index (χ0n) is 11.4. The third-order valence-electron chi connectivity index (χ3n) is 3.77. The van der Waals surface area contributed by atoms with Crippen LogP contribution in [0.4, 0.5) is 0 Å². The van der Waals surface area contributed by atoms with Crippen molar-refractivity contribution in [3.05, 3.63) is 33.8 Å². The van der Waals surface area contributed by atoms with Gasteiger partial charge in [0.1, 0.15) is 0 Å². The first-order valence-corrected chi connectivity index (χ1v) is 7.54. The van der Waals surface area contributed by atoms with Crippen LogP contribution >= 0.6 is 15.9 Å². The molecule has 5 heteroatoms. The number of carbonyl (C=O) groups excluding carboxylic acids is 1. The van der Waals surface area contributed by atoms with E-state index in [1.807, 2.05) is 25.1 Å². The standard InChI is InChI=1S/C15H18BrNO3/c1-10-12(5-2-6-13(10)16)15(20)17-7-3-4-11(9-17)8-14(18)19/h2,5-6,11H,3-4,7-9H2,1H3,(H,18,19). The molecule has 1 amide bonds. The lowest BCUT2D eigenvalue weighted by atomic mass is 9.94. The van der Waals surface area contributed by atoms with E-state index in [4.69, 9.17) is 5.11 Å². The summed E-state index contributed by atoms with van der Waals surface area (Å²) in [6.45, 7) is 3.16. The van der Waals surface area contributed by atoms with Crippen molar-refractivity contribution in [3.8, 4) is 0 Å². The molecule has 0 bridgehead atoms. The van der Waals surface area contributed by atoms with E-state index < -0.39 is 5.97 Å². The van der Waals surface area contributed by atoms with Gasteiger partial charge in [-0.2, -0.15) is 0 Å². The van der Waals surface area contributed by atoms with Crippen molar-refractivity contribution in [2.24, 2.45) is 5.92 Å². The number of aliphatic carboxylic acids is 1. The maximum absolute atomic E-state index is 12.6. The lowest BCUT2D eigenvalue weighted by Gasteiger charge is -2.32. The number of piperidine rings is 1. The Kier molecular flexibility index (Phi) is 4.81. The van der Waals surface area contributed by atoms with E-state index in [0.29, 0.717) is 18.7 Å². The van der Waals surface area contributed by atoms with Crippen LogP contribution in [-0.2, 0) is 4.79 Å². The van der Waals surface area contributed by atoms with E-state index in [9.17, 15) is 9.59 Å². The van der Waals surface area contributed by atoms with Crippen molar-refractivity contribution in [1.29, 1.82) is 0 Å². The first-order valence-electron chi connectivity index (χ1n) is 6.75. The highest BCUT2D eigenvalue weighted by atomic mass is 79.9. The van der Waals surface area contributed by atoms with E-state index in [0.717, 1.165) is 22.9 Å². The molecule has 108 valence electrons. The molecule has 1 N–H and O–H groups in total. The molecule has 0 saturated carbocycles. The molecule has 1 aliphatic heterocycles. The topological polar surface area (TPSA) is 57.6 Å². The Labute approximate surface area is 126 Å². The van der Waals surface area contributed by atoms with Gasteiger partial charge in [0.15, 0.2) is 0 Å². The smallest absolute Gasteiger partial charge is 0.303 e. The predicted octanol–water partition coefficient (Wildman–Crippen LogP) is 3.08. The first kappa shape index (κ1) is 15.0. The second-order valence-electron chi connectivity index (χ2n) is 5.27. The minimum Gasteiger partial charge on any atom is -0.481 e. The Morgan fingerprint density at radius 1 is 1.45 bits per heavy atom. The van der Waals surface area contributed by atoms with Crippen molar-refractivity contribution in [2.45, 2.75) is 26.2 Å². The number of hydrogen-bond acceptors (Lipinski definition) is 2. The quantitative estimate of drug-likeness (QED) is 0.920. The Hall–Kier alpha value is -1.36. The zero-order valence-corrected chi connectivity index (χ0v) is 13.0. The van der Waals surface area contributed by atoms with Crippen LogP contribution < -0.4 is 0 Å². The number of hydrogen-bond donors (Lipinski definition) is 1. The summed E-state index contributed by atoms with van der Waals surface area (Å²) < 4.78 is 0.919. The maximum atomic E-state index is 12.6. The molecule has 0 radical (unpaired) electrons. The fourth-order valence-corrected chi connectivity index (χ4v) is 3.04. The highest BCUT2D eigenvalue weighted by Crippen LogP contribution is 2.24. The van der Waals surface area contributed by atoms with E-state index in [1.165, 1.54) is 0 Å². The minimum atomic E-state index is -0.789. The molecule has 1 heterocycles. The summed E-state index contributed by atoms with van der Waals surface area (Å²) in [5.41, 5.74) is 1.62. The molecule has 0 spiro atoms. The third kappa shape index (κ3) is 3.39. The summed E-state index contributed by atoms with van der Waals surface area (Å²) >= 11 is 3.43. The predicted molar refractivity (Wildman–Crippen MR) is 79.8 cm³/mol. The number of nitrogens with zero attached hydrogens (tertiary/aromatic N) is 1. The molecule has 1 aromatic rings. The normalized spacial score (nSPS) is 18.9. The molecule has 4 nitrogen and oxygen atoms in total. The van der Waals surface area contributed by atoms with Gasteiger partial charge in [0.05, 0.1) is 0 Å². The number of carbonyl (C=O) groups is 2. The van der Waals surface area contributed by atoms with Crippen LogP contribution in [-0.4, -0.2) is 35.0 Å². The van der Waals surface area contributed by atoms with Crippen molar-refractivity contribution >= 4 is 27.8 Å². The summed E-state index contributed by atoms with van der Waals surface area (Å²) in [5.74, 6) is -0.723. The Balaban J connectivity index is 2.12. The fraction of sp³-hybridized carbons (Fsp3) is 0.467. The van der Waals surface area contributed by atoms with Gasteiger partial charge in [-0.15, -0.1) is 0 Å². The number of amides is 1. The van der Waals surface area contributed by atoms with Crippen molar-refractivity contribution in [2.75, 3.05) is 13.1 Å². The van der Waals surface area contributed by atoms with Gasteiger partial charge < -0.3 is 10.0 Å². The largest absolute Gasteiger partial charge is 0.481 e. The fourth-order valence-electron chi connectivity index (χ4n) is 2.67. The summed E-state index contributed by atoms with van der Waals surface area (Å²) in [6.07, 6.45) is 1.89. The van der Waals surface area contributed by atoms with E-state index in [-0.39, 0.29) is 18.2 Å². The Bertz CT molecular complexity index is 530. The van der Waals surface area contributed by atoms with Crippen LogP contribution in [0.3, 0.4) is 0 Å². The van der Waals surface area contributed by atoms with Gasteiger partial charge in [0, 0.05) is 29.5 Å². The molecule has 20 heavy (non-hydrogen) atoms. The molecule has 1 atom stereocenters. The molecule has 1 aliphatic rings. The van der Waals surface area contributed by atoms with Gasteiger partial charge in [-0.3, -0.25) is 9.59 Å². The van der Waals surface area contributed by atoms with Crippen LogP contribution in [0.1, 0.15) is 35.2 Å². The van der Waals surface area contributed by atoms with E-state index in [1.54, 1.807) is 4.90 Å². The second-order valence-corrected chi connectivity index (χ2v) is 6.12. The molecule has 0 aromatic heterocycles. The van der Waals surface area contributed by atoms with Gasteiger partial charge in [-0.1, -0.05) is 22.0 Å². The molecule has 1 aromatic carbocycles. The van der Waals surface area contributed by atoms with Crippen LogP contribution in [0.5, 0.6) is 0 Å². The van der Waals surface area contributed by atoms with Crippen LogP contribution in [0.2, 0.25) is 0 Å². The summed E-state index contributed by atoms with van der Waals surface area (Å²) in [6, 6.07) is 5.59. The number of halogens is 1. The van der Waals surface area contributed by atoms with Crippen LogP contribution in [0, 0.1) is 12.8 Å². The monoisotopic (exact) mass is 339 g/mol. The average molecular weight is 340 g/mol. The number of carboxylic acids is 1.